The first-order valence-corrected chi connectivity index (χ1v) is 4.89. The molecule has 0 aliphatic heterocycles. The lowest BCUT2D eigenvalue weighted by Crippen LogP contribution is -2.32. The number of hydrogen-bond donors (Lipinski definition) is 4. The highest BCUT2D eigenvalue weighted by molar-refractivity contribution is 5.91. The summed E-state index contributed by atoms with van der Waals surface area (Å²) >= 11 is 0. The van der Waals surface area contributed by atoms with Crippen LogP contribution in [0.4, 0.5) is 5.69 Å². The molecule has 5 N–H and O–H groups in total. The van der Waals surface area contributed by atoms with E-state index in [1.807, 2.05) is 12.1 Å². The molecular weight excluding hydrogens is 206 g/mol. The molecule has 0 bridgehead atoms. The van der Waals surface area contributed by atoms with Crippen LogP contribution in [-0.2, 0) is 11.2 Å². The van der Waals surface area contributed by atoms with Crippen molar-refractivity contribution in [3.63, 3.8) is 0 Å². The van der Waals surface area contributed by atoms with Crippen molar-refractivity contribution in [2.45, 2.75) is 19.4 Å². The second-order valence-corrected chi connectivity index (χ2v) is 3.56. The minimum atomic E-state index is -1.03. The summed E-state index contributed by atoms with van der Waals surface area (Å²) in [6.45, 7) is 1.62. The van der Waals surface area contributed by atoms with Gasteiger partial charge in [0.2, 0.25) is 0 Å². The third-order valence-corrected chi connectivity index (χ3v) is 2.10. The lowest BCUT2D eigenvalue weighted by Gasteiger charge is -2.12. The average molecular weight is 221 g/mol. The monoisotopic (exact) mass is 221 g/mol. The largest absolute Gasteiger partial charge is 0.480 e. The molecule has 1 unspecified atom stereocenters. The summed E-state index contributed by atoms with van der Waals surface area (Å²) in [5, 5.41) is 18.9. The van der Waals surface area contributed by atoms with Crippen molar-refractivity contribution in [3.05, 3.63) is 29.8 Å². The maximum absolute atomic E-state index is 10.6. The Morgan fingerprint density at radius 3 is 2.75 bits per heavy atom. The molecule has 1 atom stereocenters. The number of amidine groups is 1. The number of nitrogens with two attached hydrogens (primary N) is 1. The van der Waals surface area contributed by atoms with Crippen LogP contribution in [0.25, 0.3) is 0 Å². The molecule has 0 aliphatic carbocycles. The number of para-hydroxylation sites is 1. The second-order valence-electron chi connectivity index (χ2n) is 3.56. The van der Waals surface area contributed by atoms with E-state index in [4.69, 9.17) is 16.2 Å². The normalized spacial score (nSPS) is 11.9. The standard InChI is InChI=1S/C11H15N3O2/c1-7(12)14-10-5-3-2-4-8(10)6-9(13)11(15)16/h2-5,9H,6,13H2,1H3,(H2,12,14)(H,15,16). The summed E-state index contributed by atoms with van der Waals surface area (Å²) in [5.74, 6) is -0.724. The number of anilines is 1. The minimum absolute atomic E-state index is 0.242. The zero-order valence-electron chi connectivity index (χ0n) is 9.03. The molecule has 0 saturated carbocycles. The molecule has 0 radical (unpaired) electrons. The Morgan fingerprint density at radius 2 is 2.19 bits per heavy atom. The maximum Gasteiger partial charge on any atom is 0.320 e. The molecule has 0 spiro atoms. The van der Waals surface area contributed by atoms with Gasteiger partial charge >= 0.3 is 5.97 Å². The molecular formula is C11H15N3O2. The van der Waals surface area contributed by atoms with Gasteiger partial charge in [-0.05, 0) is 18.6 Å². The average Bonchev–Trinajstić information content (AvgIpc) is 2.20. The van der Waals surface area contributed by atoms with Crippen LogP contribution in [0.15, 0.2) is 24.3 Å². The van der Waals surface area contributed by atoms with E-state index < -0.39 is 12.0 Å². The van der Waals surface area contributed by atoms with Crippen molar-refractivity contribution < 1.29 is 9.90 Å². The fraction of sp³-hybridized carbons (Fsp3) is 0.273. The first kappa shape index (κ1) is 12.2. The first-order chi connectivity index (χ1) is 7.50. The molecule has 5 heteroatoms. The van der Waals surface area contributed by atoms with Crippen molar-refractivity contribution in [1.82, 2.24) is 0 Å². The van der Waals surface area contributed by atoms with Crippen LogP contribution in [-0.4, -0.2) is 23.0 Å². The molecule has 86 valence electrons. The third-order valence-electron chi connectivity index (χ3n) is 2.10. The number of carbonyl (C=O) groups is 1. The summed E-state index contributed by atoms with van der Waals surface area (Å²) in [6.07, 6.45) is 0.242. The van der Waals surface area contributed by atoms with Crippen molar-refractivity contribution in [2.75, 3.05) is 5.32 Å². The highest BCUT2D eigenvalue weighted by Crippen LogP contribution is 2.16. The van der Waals surface area contributed by atoms with Gasteiger partial charge in [0.1, 0.15) is 6.04 Å². The summed E-state index contributed by atoms with van der Waals surface area (Å²) in [6, 6.07) is 6.31. The third kappa shape index (κ3) is 3.36. The molecule has 1 aromatic rings. The summed E-state index contributed by atoms with van der Waals surface area (Å²) < 4.78 is 0. The Kier molecular flexibility index (Phi) is 4.02. The highest BCUT2D eigenvalue weighted by Gasteiger charge is 2.14. The lowest BCUT2D eigenvalue weighted by molar-refractivity contribution is -0.138. The van der Waals surface area contributed by atoms with E-state index in [0.29, 0.717) is 5.84 Å². The summed E-state index contributed by atoms with van der Waals surface area (Å²) in [4.78, 5) is 10.6. The van der Waals surface area contributed by atoms with Gasteiger partial charge in [0.15, 0.2) is 0 Å². The Morgan fingerprint density at radius 1 is 1.56 bits per heavy atom. The number of benzene rings is 1. The number of carboxylic acid groups (broad SMARTS) is 1. The van der Waals surface area contributed by atoms with Crippen LogP contribution in [0.3, 0.4) is 0 Å². The Balaban J connectivity index is 2.86. The van der Waals surface area contributed by atoms with E-state index in [9.17, 15) is 4.79 Å². The van der Waals surface area contributed by atoms with Crippen molar-refractivity contribution in [1.29, 1.82) is 5.41 Å². The van der Waals surface area contributed by atoms with Gasteiger partial charge in [0, 0.05) is 12.1 Å². The topological polar surface area (TPSA) is 99.2 Å². The number of aliphatic carboxylic acids is 1. The number of hydrogen-bond acceptors (Lipinski definition) is 3. The molecule has 0 aliphatic rings. The molecule has 16 heavy (non-hydrogen) atoms. The predicted octanol–water partition coefficient (Wildman–Crippen LogP) is 1.05. The van der Waals surface area contributed by atoms with E-state index in [-0.39, 0.29) is 6.42 Å². The van der Waals surface area contributed by atoms with Gasteiger partial charge in [-0.2, -0.15) is 0 Å². The number of rotatable bonds is 4. The molecule has 1 rings (SSSR count). The Bertz CT molecular complexity index is 404. The molecule has 1 aromatic carbocycles. The highest BCUT2D eigenvalue weighted by atomic mass is 16.4. The van der Waals surface area contributed by atoms with Gasteiger partial charge in [-0.25, -0.2) is 0 Å². The van der Waals surface area contributed by atoms with E-state index >= 15 is 0 Å². The summed E-state index contributed by atoms with van der Waals surface area (Å²) in [7, 11) is 0. The molecule has 0 fully saturated rings. The smallest absolute Gasteiger partial charge is 0.320 e. The Hall–Kier alpha value is -1.88. The number of nitrogens with one attached hydrogen (secondary N) is 2. The minimum Gasteiger partial charge on any atom is -0.480 e. The molecule has 0 saturated heterocycles. The van der Waals surface area contributed by atoms with Crippen LogP contribution < -0.4 is 11.1 Å². The molecule has 0 heterocycles. The fourth-order valence-electron chi connectivity index (χ4n) is 1.35. The van der Waals surface area contributed by atoms with Crippen molar-refractivity contribution >= 4 is 17.5 Å². The maximum atomic E-state index is 10.6. The molecule has 5 nitrogen and oxygen atoms in total. The van der Waals surface area contributed by atoms with Gasteiger partial charge in [-0.3, -0.25) is 10.2 Å². The molecule has 0 amide bonds. The van der Waals surface area contributed by atoms with E-state index in [1.54, 1.807) is 19.1 Å². The van der Waals surface area contributed by atoms with Gasteiger partial charge in [-0.1, -0.05) is 18.2 Å². The second kappa shape index (κ2) is 5.27. The molecule has 0 aromatic heterocycles. The van der Waals surface area contributed by atoms with E-state index in [0.717, 1.165) is 11.3 Å². The summed E-state index contributed by atoms with van der Waals surface area (Å²) in [5.41, 5.74) is 6.99. The van der Waals surface area contributed by atoms with Crippen LogP contribution in [0.1, 0.15) is 12.5 Å². The zero-order chi connectivity index (χ0) is 12.1. The zero-order valence-corrected chi connectivity index (χ0v) is 9.03. The fourth-order valence-corrected chi connectivity index (χ4v) is 1.35. The van der Waals surface area contributed by atoms with E-state index in [1.165, 1.54) is 0 Å². The Labute approximate surface area is 93.8 Å². The number of carboxylic acids is 1. The van der Waals surface area contributed by atoms with Gasteiger partial charge in [-0.15, -0.1) is 0 Å². The van der Waals surface area contributed by atoms with Crippen LogP contribution in [0.2, 0.25) is 0 Å². The van der Waals surface area contributed by atoms with Gasteiger partial charge < -0.3 is 16.2 Å². The van der Waals surface area contributed by atoms with Crippen LogP contribution in [0, 0.1) is 5.41 Å². The lowest BCUT2D eigenvalue weighted by atomic mass is 10.0. The predicted molar refractivity (Wildman–Crippen MR) is 62.8 cm³/mol. The first-order valence-electron chi connectivity index (χ1n) is 4.89. The SMILES string of the molecule is CC(=N)Nc1ccccc1CC(N)C(=O)O. The van der Waals surface area contributed by atoms with Crippen LogP contribution in [0.5, 0.6) is 0 Å². The van der Waals surface area contributed by atoms with Gasteiger partial charge in [0.05, 0.1) is 5.84 Å². The van der Waals surface area contributed by atoms with Gasteiger partial charge in [0.25, 0.3) is 0 Å². The quantitative estimate of drug-likeness (QED) is 0.451. The van der Waals surface area contributed by atoms with E-state index in [2.05, 4.69) is 5.32 Å². The van der Waals surface area contributed by atoms with Crippen molar-refractivity contribution in [2.24, 2.45) is 5.73 Å². The van der Waals surface area contributed by atoms with Crippen LogP contribution >= 0.6 is 0 Å². The van der Waals surface area contributed by atoms with Crippen molar-refractivity contribution in [3.8, 4) is 0 Å².